The van der Waals surface area contributed by atoms with E-state index in [1.807, 2.05) is 6.08 Å². The normalized spacial score (nSPS) is 17.3. The van der Waals surface area contributed by atoms with E-state index >= 15 is 0 Å². The van der Waals surface area contributed by atoms with Crippen molar-refractivity contribution in [2.45, 2.75) is 32.2 Å². The van der Waals surface area contributed by atoms with E-state index in [1.54, 1.807) is 19.1 Å². The molecule has 1 aromatic carbocycles. The van der Waals surface area contributed by atoms with E-state index in [9.17, 15) is 9.18 Å². The lowest BCUT2D eigenvalue weighted by Crippen LogP contribution is -2.39. The molecule has 7 heteroatoms. The van der Waals surface area contributed by atoms with Gasteiger partial charge in [0.1, 0.15) is 17.3 Å². The standard InChI is InChI=1S/C19H26FN5O/c1-13(18(22-2)19(21)26)24-17(25-16-9-11-23-12-10-16)8-5-14-3-6-15(20)7-4-14/h3-4,6-8,16,23,25H,5,9-12H2,1-2H3,(H2,21,26)/b17-8-,22-18?,24-13-. The highest BCUT2D eigenvalue weighted by atomic mass is 19.1. The molecule has 0 unspecified atom stereocenters. The molecule has 0 aromatic heterocycles. The number of primary amides is 1. The van der Waals surface area contributed by atoms with Crippen molar-refractivity contribution < 1.29 is 9.18 Å². The summed E-state index contributed by atoms with van der Waals surface area (Å²) in [6, 6.07) is 6.67. The summed E-state index contributed by atoms with van der Waals surface area (Å²) >= 11 is 0. The van der Waals surface area contributed by atoms with Crippen LogP contribution in [0.4, 0.5) is 4.39 Å². The van der Waals surface area contributed by atoms with Crippen molar-refractivity contribution in [3.63, 3.8) is 0 Å². The Kier molecular flexibility index (Phi) is 7.47. The van der Waals surface area contributed by atoms with Gasteiger partial charge in [-0.2, -0.15) is 0 Å². The average Bonchev–Trinajstić information content (AvgIpc) is 2.62. The summed E-state index contributed by atoms with van der Waals surface area (Å²) in [5.74, 6) is -0.195. The highest BCUT2D eigenvalue weighted by Gasteiger charge is 2.15. The Hall–Kier alpha value is -2.54. The smallest absolute Gasteiger partial charge is 0.268 e. The molecule has 26 heavy (non-hydrogen) atoms. The van der Waals surface area contributed by atoms with Gasteiger partial charge in [0.25, 0.3) is 5.91 Å². The third kappa shape index (κ3) is 6.07. The number of carbonyl (C=O) groups excluding carboxylic acids is 1. The monoisotopic (exact) mass is 359 g/mol. The minimum atomic E-state index is -0.603. The van der Waals surface area contributed by atoms with Gasteiger partial charge in [-0.25, -0.2) is 9.38 Å². The van der Waals surface area contributed by atoms with Gasteiger partial charge in [-0.15, -0.1) is 0 Å². The summed E-state index contributed by atoms with van der Waals surface area (Å²) < 4.78 is 13.1. The van der Waals surface area contributed by atoms with Crippen molar-refractivity contribution in [2.75, 3.05) is 20.1 Å². The van der Waals surface area contributed by atoms with Crippen molar-refractivity contribution in [1.82, 2.24) is 10.6 Å². The predicted molar refractivity (Wildman–Crippen MR) is 103 cm³/mol. The molecule has 1 saturated heterocycles. The number of carbonyl (C=O) groups is 1. The van der Waals surface area contributed by atoms with Crippen LogP contribution in [-0.2, 0) is 11.2 Å². The average molecular weight is 359 g/mol. The topological polar surface area (TPSA) is 91.9 Å². The molecule has 0 aliphatic carbocycles. The first-order chi connectivity index (χ1) is 12.5. The lowest BCUT2D eigenvalue weighted by Gasteiger charge is -2.25. The second-order valence-electron chi connectivity index (χ2n) is 6.22. The first-order valence-electron chi connectivity index (χ1n) is 8.73. The highest BCUT2D eigenvalue weighted by Crippen LogP contribution is 2.09. The van der Waals surface area contributed by atoms with Crippen LogP contribution >= 0.6 is 0 Å². The Labute approximate surface area is 153 Å². The van der Waals surface area contributed by atoms with E-state index in [1.165, 1.54) is 19.2 Å². The quantitative estimate of drug-likeness (QED) is 0.645. The van der Waals surface area contributed by atoms with E-state index < -0.39 is 5.91 Å². The fourth-order valence-corrected chi connectivity index (χ4v) is 2.83. The third-order valence-corrected chi connectivity index (χ3v) is 4.22. The summed E-state index contributed by atoms with van der Waals surface area (Å²) in [6.45, 7) is 3.62. The lowest BCUT2D eigenvalue weighted by atomic mass is 10.1. The number of halogens is 1. The fraction of sp³-hybridized carbons (Fsp3) is 0.421. The minimum absolute atomic E-state index is 0.157. The summed E-state index contributed by atoms with van der Waals surface area (Å²) in [5, 5.41) is 6.76. The molecular formula is C19H26FN5O. The Morgan fingerprint density at radius 1 is 1.35 bits per heavy atom. The van der Waals surface area contributed by atoms with Gasteiger partial charge < -0.3 is 16.4 Å². The molecule has 0 spiro atoms. The largest absolute Gasteiger partial charge is 0.367 e. The molecule has 1 aliphatic rings. The Bertz CT molecular complexity index is 703. The van der Waals surface area contributed by atoms with Crippen LogP contribution in [0.1, 0.15) is 25.3 Å². The van der Waals surface area contributed by atoms with E-state index in [0.29, 0.717) is 24.0 Å². The van der Waals surface area contributed by atoms with Crippen LogP contribution in [0.2, 0.25) is 0 Å². The van der Waals surface area contributed by atoms with Crippen LogP contribution in [0.15, 0.2) is 46.1 Å². The van der Waals surface area contributed by atoms with Gasteiger partial charge in [-0.1, -0.05) is 12.1 Å². The van der Waals surface area contributed by atoms with E-state index in [2.05, 4.69) is 20.6 Å². The number of amides is 1. The molecule has 140 valence electrons. The molecule has 2 rings (SSSR count). The van der Waals surface area contributed by atoms with Crippen molar-refractivity contribution in [2.24, 2.45) is 15.7 Å². The molecule has 1 fully saturated rings. The van der Waals surface area contributed by atoms with Gasteiger partial charge in [-0.3, -0.25) is 9.79 Å². The molecule has 0 atom stereocenters. The van der Waals surface area contributed by atoms with Crippen LogP contribution in [-0.4, -0.2) is 43.5 Å². The number of allylic oxidation sites excluding steroid dienone is 1. The number of benzene rings is 1. The predicted octanol–water partition coefficient (Wildman–Crippen LogP) is 1.57. The zero-order valence-corrected chi connectivity index (χ0v) is 15.3. The molecule has 6 nitrogen and oxygen atoms in total. The summed E-state index contributed by atoms with van der Waals surface area (Å²) in [5.41, 5.74) is 6.95. The van der Waals surface area contributed by atoms with E-state index in [-0.39, 0.29) is 11.5 Å². The first kappa shape index (κ1) is 19.8. The molecule has 1 aliphatic heterocycles. The summed E-state index contributed by atoms with van der Waals surface area (Å²) in [7, 11) is 1.52. The number of rotatable bonds is 7. The van der Waals surface area contributed by atoms with Crippen molar-refractivity contribution >= 4 is 17.3 Å². The molecule has 0 radical (unpaired) electrons. The van der Waals surface area contributed by atoms with E-state index in [0.717, 1.165) is 31.5 Å². The van der Waals surface area contributed by atoms with Crippen molar-refractivity contribution in [3.05, 3.63) is 47.5 Å². The second-order valence-corrected chi connectivity index (χ2v) is 6.22. The maximum absolute atomic E-state index is 13.1. The Morgan fingerprint density at radius 2 is 2.00 bits per heavy atom. The number of nitrogens with two attached hydrogens (primary N) is 1. The SMILES string of the molecule is CN=C(C(N)=O)/C(C)=N\C(=C\Cc1ccc(F)cc1)NC1CCNCC1. The number of piperidine rings is 1. The number of aliphatic imine (C=N–C) groups is 2. The Balaban J connectivity index is 2.20. The van der Waals surface area contributed by atoms with Crippen LogP contribution in [0.3, 0.4) is 0 Å². The van der Waals surface area contributed by atoms with Crippen LogP contribution in [0, 0.1) is 5.82 Å². The fourth-order valence-electron chi connectivity index (χ4n) is 2.83. The zero-order chi connectivity index (χ0) is 18.9. The van der Waals surface area contributed by atoms with Gasteiger partial charge >= 0.3 is 0 Å². The lowest BCUT2D eigenvalue weighted by molar-refractivity contribution is -0.111. The number of nitrogens with one attached hydrogen (secondary N) is 2. The van der Waals surface area contributed by atoms with Crippen molar-refractivity contribution in [3.8, 4) is 0 Å². The molecule has 4 N–H and O–H groups in total. The number of hydrogen-bond donors (Lipinski definition) is 3. The molecule has 1 aromatic rings. The van der Waals surface area contributed by atoms with E-state index in [4.69, 9.17) is 5.73 Å². The second kappa shape index (κ2) is 9.82. The number of nitrogens with zero attached hydrogens (tertiary/aromatic N) is 2. The molecular weight excluding hydrogens is 333 g/mol. The van der Waals surface area contributed by atoms with Crippen LogP contribution < -0.4 is 16.4 Å². The minimum Gasteiger partial charge on any atom is -0.367 e. The highest BCUT2D eigenvalue weighted by molar-refractivity contribution is 6.66. The third-order valence-electron chi connectivity index (χ3n) is 4.22. The maximum atomic E-state index is 13.1. The Morgan fingerprint density at radius 3 is 2.58 bits per heavy atom. The summed E-state index contributed by atoms with van der Waals surface area (Å²) in [4.78, 5) is 19.9. The van der Waals surface area contributed by atoms with Gasteiger partial charge in [0.05, 0.1) is 5.71 Å². The molecule has 0 bridgehead atoms. The van der Waals surface area contributed by atoms with Crippen molar-refractivity contribution in [1.29, 1.82) is 0 Å². The van der Waals surface area contributed by atoms with Gasteiger partial charge in [0.2, 0.25) is 0 Å². The molecule has 0 saturated carbocycles. The number of hydrogen-bond acceptors (Lipinski definition) is 5. The summed E-state index contributed by atoms with van der Waals surface area (Å²) in [6.07, 6.45) is 4.52. The van der Waals surface area contributed by atoms with Gasteiger partial charge in [0, 0.05) is 13.1 Å². The first-order valence-corrected chi connectivity index (χ1v) is 8.73. The maximum Gasteiger partial charge on any atom is 0.268 e. The van der Waals surface area contributed by atoms with Crippen LogP contribution in [0.25, 0.3) is 0 Å². The van der Waals surface area contributed by atoms with Crippen LogP contribution in [0.5, 0.6) is 0 Å². The molecule has 1 amide bonds. The zero-order valence-electron chi connectivity index (χ0n) is 15.3. The van der Waals surface area contributed by atoms with Gasteiger partial charge in [0.15, 0.2) is 0 Å². The van der Waals surface area contributed by atoms with Gasteiger partial charge in [-0.05, 0) is 63.0 Å². The molecule has 1 heterocycles.